The third kappa shape index (κ3) is 2.82. The summed E-state index contributed by atoms with van der Waals surface area (Å²) in [4.78, 5) is 4.43. The van der Waals surface area contributed by atoms with E-state index in [2.05, 4.69) is 23.4 Å². The van der Waals surface area contributed by atoms with Gasteiger partial charge in [-0.2, -0.15) is 5.26 Å². The highest BCUT2D eigenvalue weighted by atomic mass is 32.1. The molecule has 0 saturated carbocycles. The first kappa shape index (κ1) is 10.2. The zero-order valence-electron chi connectivity index (χ0n) is 8.08. The molecule has 1 aromatic heterocycles. The van der Waals surface area contributed by atoms with E-state index < -0.39 is 0 Å². The molecule has 1 heterocycles. The smallest absolute Gasteiger partial charge is 0.0941 e. The van der Waals surface area contributed by atoms with Crippen LogP contribution in [-0.4, -0.2) is 4.98 Å². The van der Waals surface area contributed by atoms with Crippen molar-refractivity contribution in [2.24, 2.45) is 5.92 Å². The van der Waals surface area contributed by atoms with Gasteiger partial charge in [0.1, 0.15) is 0 Å². The van der Waals surface area contributed by atoms with Gasteiger partial charge in [-0.15, -0.1) is 11.3 Å². The molecule has 0 bridgehead atoms. The average Bonchev–Trinajstić information content (AvgIpc) is 2.61. The minimum atomic E-state index is 0.135. The van der Waals surface area contributed by atoms with Crippen molar-refractivity contribution in [3.05, 3.63) is 16.1 Å². The Hall–Kier alpha value is -0.880. The van der Waals surface area contributed by atoms with Gasteiger partial charge in [-0.25, -0.2) is 4.98 Å². The standard InChI is InChI=1S/C10H14N2S/c1-3-8(6-11)5-10-12-9(4-2)7-13-10/h7-8H,3-5H2,1-2H3. The molecular formula is C10H14N2S. The van der Waals surface area contributed by atoms with E-state index in [-0.39, 0.29) is 5.92 Å². The zero-order valence-corrected chi connectivity index (χ0v) is 8.90. The van der Waals surface area contributed by atoms with E-state index in [1.54, 1.807) is 11.3 Å². The third-order valence-corrected chi connectivity index (χ3v) is 2.98. The van der Waals surface area contributed by atoms with Crippen molar-refractivity contribution >= 4 is 11.3 Å². The minimum absolute atomic E-state index is 0.135. The Morgan fingerprint density at radius 1 is 1.62 bits per heavy atom. The fourth-order valence-electron chi connectivity index (χ4n) is 1.10. The van der Waals surface area contributed by atoms with Gasteiger partial charge >= 0.3 is 0 Å². The summed E-state index contributed by atoms with van der Waals surface area (Å²) in [5, 5.41) is 12.0. The molecule has 0 amide bonds. The van der Waals surface area contributed by atoms with Gasteiger partial charge in [-0.1, -0.05) is 13.8 Å². The lowest BCUT2D eigenvalue weighted by molar-refractivity contribution is 0.634. The minimum Gasteiger partial charge on any atom is -0.246 e. The van der Waals surface area contributed by atoms with Crippen LogP contribution in [-0.2, 0) is 12.8 Å². The maximum Gasteiger partial charge on any atom is 0.0941 e. The molecule has 2 nitrogen and oxygen atoms in total. The monoisotopic (exact) mass is 194 g/mol. The highest BCUT2D eigenvalue weighted by molar-refractivity contribution is 7.09. The number of nitrogens with zero attached hydrogens (tertiary/aromatic N) is 2. The lowest BCUT2D eigenvalue weighted by atomic mass is 10.1. The molecule has 0 aliphatic heterocycles. The van der Waals surface area contributed by atoms with Gasteiger partial charge < -0.3 is 0 Å². The van der Waals surface area contributed by atoms with Gasteiger partial charge in [0.15, 0.2) is 0 Å². The van der Waals surface area contributed by atoms with Crippen LogP contribution in [0.2, 0.25) is 0 Å². The largest absolute Gasteiger partial charge is 0.246 e. The number of aromatic nitrogens is 1. The Bertz CT molecular complexity index is 298. The summed E-state index contributed by atoms with van der Waals surface area (Å²) in [6, 6.07) is 2.29. The average molecular weight is 194 g/mol. The SMILES string of the molecule is CCc1csc(CC(C#N)CC)n1. The fraction of sp³-hybridized carbons (Fsp3) is 0.600. The van der Waals surface area contributed by atoms with E-state index in [1.165, 1.54) is 0 Å². The van der Waals surface area contributed by atoms with E-state index in [4.69, 9.17) is 5.26 Å². The predicted molar refractivity (Wildman–Crippen MR) is 54.6 cm³/mol. The summed E-state index contributed by atoms with van der Waals surface area (Å²) in [5.74, 6) is 0.135. The lowest BCUT2D eigenvalue weighted by Crippen LogP contribution is -1.99. The third-order valence-electron chi connectivity index (χ3n) is 2.06. The Balaban J connectivity index is 2.58. The van der Waals surface area contributed by atoms with Crippen LogP contribution in [0.15, 0.2) is 5.38 Å². The number of nitriles is 1. The second-order valence-corrected chi connectivity index (χ2v) is 3.97. The summed E-state index contributed by atoms with van der Waals surface area (Å²) in [7, 11) is 0. The number of hydrogen-bond donors (Lipinski definition) is 0. The Labute approximate surface area is 83.2 Å². The topological polar surface area (TPSA) is 36.7 Å². The molecule has 0 aromatic carbocycles. The molecule has 70 valence electrons. The summed E-state index contributed by atoms with van der Waals surface area (Å²) in [6.07, 6.45) is 2.72. The number of rotatable bonds is 4. The van der Waals surface area contributed by atoms with Crippen LogP contribution in [0.3, 0.4) is 0 Å². The van der Waals surface area contributed by atoms with Crippen LogP contribution in [0.1, 0.15) is 31.0 Å². The summed E-state index contributed by atoms with van der Waals surface area (Å²) >= 11 is 1.67. The Kier molecular flexibility index (Phi) is 3.91. The van der Waals surface area contributed by atoms with Gasteiger partial charge in [0.05, 0.1) is 22.7 Å². The molecule has 0 aliphatic rings. The van der Waals surface area contributed by atoms with Gasteiger partial charge in [0.2, 0.25) is 0 Å². The number of thiazole rings is 1. The zero-order chi connectivity index (χ0) is 9.68. The van der Waals surface area contributed by atoms with Crippen LogP contribution in [0.4, 0.5) is 0 Å². The highest BCUT2D eigenvalue weighted by Gasteiger charge is 2.08. The number of aryl methyl sites for hydroxylation is 1. The van der Waals surface area contributed by atoms with Gasteiger partial charge in [0.25, 0.3) is 0 Å². The lowest BCUT2D eigenvalue weighted by Gasteiger charge is -2.00. The van der Waals surface area contributed by atoms with E-state index in [0.717, 1.165) is 30.0 Å². The first-order chi connectivity index (χ1) is 6.30. The Morgan fingerprint density at radius 3 is 2.85 bits per heavy atom. The molecule has 0 N–H and O–H groups in total. The normalized spacial score (nSPS) is 12.4. The van der Waals surface area contributed by atoms with Crippen LogP contribution in [0, 0.1) is 17.2 Å². The quantitative estimate of drug-likeness (QED) is 0.739. The predicted octanol–water partition coefficient (Wildman–Crippen LogP) is 2.80. The van der Waals surface area contributed by atoms with E-state index in [9.17, 15) is 0 Å². The second kappa shape index (κ2) is 4.98. The maximum absolute atomic E-state index is 8.78. The summed E-state index contributed by atoms with van der Waals surface area (Å²) in [5.41, 5.74) is 1.15. The van der Waals surface area contributed by atoms with Crippen LogP contribution >= 0.6 is 11.3 Å². The summed E-state index contributed by atoms with van der Waals surface area (Å²) < 4.78 is 0. The molecule has 0 saturated heterocycles. The van der Waals surface area contributed by atoms with Crippen molar-refractivity contribution in [3.63, 3.8) is 0 Å². The van der Waals surface area contributed by atoms with E-state index in [1.807, 2.05) is 6.92 Å². The van der Waals surface area contributed by atoms with Crippen LogP contribution in [0.25, 0.3) is 0 Å². The van der Waals surface area contributed by atoms with Crippen molar-refractivity contribution in [3.8, 4) is 6.07 Å². The first-order valence-electron chi connectivity index (χ1n) is 4.63. The summed E-state index contributed by atoms with van der Waals surface area (Å²) in [6.45, 7) is 4.14. The molecule has 0 radical (unpaired) electrons. The molecule has 0 aliphatic carbocycles. The fourth-order valence-corrected chi connectivity index (χ4v) is 2.06. The molecule has 0 fully saturated rings. The highest BCUT2D eigenvalue weighted by Crippen LogP contribution is 2.16. The number of hydrogen-bond acceptors (Lipinski definition) is 3. The van der Waals surface area contributed by atoms with Crippen molar-refractivity contribution in [2.45, 2.75) is 33.1 Å². The van der Waals surface area contributed by atoms with Crippen LogP contribution < -0.4 is 0 Å². The van der Waals surface area contributed by atoms with Gasteiger partial charge in [-0.05, 0) is 12.8 Å². The van der Waals surface area contributed by atoms with Crippen molar-refractivity contribution in [2.75, 3.05) is 0 Å². The van der Waals surface area contributed by atoms with Crippen molar-refractivity contribution < 1.29 is 0 Å². The molecular weight excluding hydrogens is 180 g/mol. The molecule has 1 aromatic rings. The Morgan fingerprint density at radius 2 is 2.38 bits per heavy atom. The maximum atomic E-state index is 8.78. The van der Waals surface area contributed by atoms with Crippen molar-refractivity contribution in [1.82, 2.24) is 4.98 Å². The molecule has 1 rings (SSSR count). The second-order valence-electron chi connectivity index (χ2n) is 3.02. The molecule has 0 spiro atoms. The van der Waals surface area contributed by atoms with Gasteiger partial charge in [0, 0.05) is 11.8 Å². The molecule has 1 unspecified atom stereocenters. The first-order valence-corrected chi connectivity index (χ1v) is 5.51. The molecule has 3 heteroatoms. The van der Waals surface area contributed by atoms with Crippen molar-refractivity contribution in [1.29, 1.82) is 5.26 Å². The van der Waals surface area contributed by atoms with Gasteiger partial charge in [-0.3, -0.25) is 0 Å². The molecule has 1 atom stereocenters. The van der Waals surface area contributed by atoms with E-state index >= 15 is 0 Å². The van der Waals surface area contributed by atoms with Crippen LogP contribution in [0.5, 0.6) is 0 Å². The molecule has 13 heavy (non-hydrogen) atoms. The van der Waals surface area contributed by atoms with E-state index in [0.29, 0.717) is 0 Å².